The average Bonchev–Trinajstić information content (AvgIpc) is 2.33. The van der Waals surface area contributed by atoms with E-state index < -0.39 is 5.97 Å². The minimum Gasteiger partial charge on any atom is -0.478 e. The Bertz CT molecular complexity index is 485. The van der Waals surface area contributed by atoms with E-state index in [0.29, 0.717) is 11.6 Å². The highest BCUT2D eigenvalue weighted by molar-refractivity contribution is 9.10. The number of carboxylic acids is 1. The number of aromatic carboxylic acids is 1. The second-order valence-corrected chi connectivity index (χ2v) is 6.84. The minimum absolute atomic E-state index is 0.209. The summed E-state index contributed by atoms with van der Waals surface area (Å²) in [5.41, 5.74) is 1.26. The van der Waals surface area contributed by atoms with Crippen molar-refractivity contribution in [1.29, 1.82) is 0 Å². The molecule has 2 rings (SSSR count). The van der Waals surface area contributed by atoms with Crippen molar-refractivity contribution in [3.05, 3.63) is 28.2 Å². The molecule has 4 heteroatoms. The van der Waals surface area contributed by atoms with E-state index in [-0.39, 0.29) is 5.41 Å². The van der Waals surface area contributed by atoms with Crippen LogP contribution < -0.4 is 5.32 Å². The van der Waals surface area contributed by atoms with Crippen molar-refractivity contribution in [2.75, 3.05) is 5.32 Å². The zero-order valence-corrected chi connectivity index (χ0v) is 13.0. The van der Waals surface area contributed by atoms with E-state index in [4.69, 9.17) is 0 Å². The molecule has 2 N–H and O–H groups in total. The molecule has 1 unspecified atom stereocenters. The van der Waals surface area contributed by atoms with Gasteiger partial charge in [-0.1, -0.05) is 42.6 Å². The molecule has 1 aliphatic carbocycles. The fourth-order valence-corrected chi connectivity index (χ4v) is 3.13. The Kier molecular flexibility index (Phi) is 4.19. The maximum atomic E-state index is 11.3. The molecule has 0 radical (unpaired) electrons. The minimum atomic E-state index is -0.891. The predicted octanol–water partition coefficient (Wildman–Crippen LogP) is 4.53. The van der Waals surface area contributed by atoms with Gasteiger partial charge in [0.15, 0.2) is 0 Å². The summed E-state index contributed by atoms with van der Waals surface area (Å²) in [5.74, 6) is -0.891. The Labute approximate surface area is 122 Å². The Morgan fingerprint density at radius 2 is 2.16 bits per heavy atom. The van der Waals surface area contributed by atoms with Gasteiger partial charge in [-0.05, 0) is 36.5 Å². The maximum Gasteiger partial charge on any atom is 0.337 e. The summed E-state index contributed by atoms with van der Waals surface area (Å²) < 4.78 is 0.790. The lowest BCUT2D eigenvalue weighted by Gasteiger charge is -2.39. The zero-order chi connectivity index (χ0) is 14.0. The number of carboxylic acid groups (broad SMARTS) is 1. The van der Waals surface area contributed by atoms with Crippen LogP contribution in [-0.2, 0) is 0 Å². The Balaban J connectivity index is 2.25. The number of nitrogens with one attached hydrogen (secondary N) is 1. The number of anilines is 1. The summed E-state index contributed by atoms with van der Waals surface area (Å²) in [5, 5.41) is 12.7. The highest BCUT2D eigenvalue weighted by atomic mass is 79.9. The van der Waals surface area contributed by atoms with E-state index in [1.165, 1.54) is 19.3 Å². The van der Waals surface area contributed by atoms with Crippen LogP contribution in [0, 0.1) is 5.41 Å². The molecule has 1 aromatic carbocycles. The first kappa shape index (κ1) is 14.4. The predicted molar refractivity (Wildman–Crippen MR) is 80.8 cm³/mol. The lowest BCUT2D eigenvalue weighted by atomic mass is 9.73. The molecule has 1 atom stereocenters. The fourth-order valence-electron chi connectivity index (χ4n) is 2.77. The standard InChI is InChI=1S/C15H20BrNO2/c1-15(2)8-4-3-5-13(15)17-12-7-6-10(16)9-11(12)14(18)19/h6-7,9,13,17H,3-5,8H2,1-2H3,(H,18,19). The van der Waals surface area contributed by atoms with Gasteiger partial charge in [0.1, 0.15) is 0 Å². The second kappa shape index (κ2) is 5.53. The Morgan fingerprint density at radius 3 is 2.79 bits per heavy atom. The molecule has 19 heavy (non-hydrogen) atoms. The zero-order valence-electron chi connectivity index (χ0n) is 11.4. The molecule has 0 heterocycles. The van der Waals surface area contributed by atoms with Gasteiger partial charge in [-0.2, -0.15) is 0 Å². The first-order valence-corrected chi connectivity index (χ1v) is 7.49. The van der Waals surface area contributed by atoms with Crippen molar-refractivity contribution in [3.63, 3.8) is 0 Å². The molecule has 1 aliphatic rings. The first-order valence-electron chi connectivity index (χ1n) is 6.69. The summed E-state index contributed by atoms with van der Waals surface area (Å²) in [4.78, 5) is 11.3. The summed E-state index contributed by atoms with van der Waals surface area (Å²) in [6.45, 7) is 4.51. The van der Waals surface area contributed by atoms with Crippen LogP contribution in [0.4, 0.5) is 5.69 Å². The second-order valence-electron chi connectivity index (χ2n) is 5.93. The topological polar surface area (TPSA) is 49.3 Å². The van der Waals surface area contributed by atoms with E-state index in [9.17, 15) is 9.90 Å². The maximum absolute atomic E-state index is 11.3. The van der Waals surface area contributed by atoms with E-state index in [0.717, 1.165) is 16.6 Å². The molecule has 1 fully saturated rings. The summed E-state index contributed by atoms with van der Waals surface area (Å²) >= 11 is 3.32. The van der Waals surface area contributed by atoms with Crippen LogP contribution in [0.1, 0.15) is 49.9 Å². The molecule has 0 aromatic heterocycles. The van der Waals surface area contributed by atoms with Crippen molar-refractivity contribution >= 4 is 27.6 Å². The highest BCUT2D eigenvalue weighted by Gasteiger charge is 2.32. The largest absolute Gasteiger partial charge is 0.478 e. The lowest BCUT2D eigenvalue weighted by Crippen LogP contribution is -2.39. The lowest BCUT2D eigenvalue weighted by molar-refractivity contribution is 0.0697. The van der Waals surface area contributed by atoms with Gasteiger partial charge >= 0.3 is 5.97 Å². The summed E-state index contributed by atoms with van der Waals surface area (Å²) in [6, 6.07) is 5.71. The van der Waals surface area contributed by atoms with Gasteiger partial charge in [0.2, 0.25) is 0 Å². The molecule has 1 aromatic rings. The van der Waals surface area contributed by atoms with Gasteiger partial charge in [0.25, 0.3) is 0 Å². The molecule has 0 spiro atoms. The van der Waals surface area contributed by atoms with Crippen molar-refractivity contribution in [2.45, 2.75) is 45.6 Å². The number of rotatable bonds is 3. The van der Waals surface area contributed by atoms with Crippen molar-refractivity contribution < 1.29 is 9.90 Å². The van der Waals surface area contributed by atoms with E-state index in [1.54, 1.807) is 6.07 Å². The third-order valence-corrected chi connectivity index (χ3v) is 4.54. The highest BCUT2D eigenvalue weighted by Crippen LogP contribution is 2.38. The number of carbonyl (C=O) groups is 1. The van der Waals surface area contributed by atoms with Crippen LogP contribution in [-0.4, -0.2) is 17.1 Å². The van der Waals surface area contributed by atoms with Crippen molar-refractivity contribution in [3.8, 4) is 0 Å². The average molecular weight is 326 g/mol. The van der Waals surface area contributed by atoms with Gasteiger partial charge in [-0.3, -0.25) is 0 Å². The number of hydrogen-bond acceptors (Lipinski definition) is 2. The van der Waals surface area contributed by atoms with Crippen molar-refractivity contribution in [1.82, 2.24) is 0 Å². The monoisotopic (exact) mass is 325 g/mol. The van der Waals surface area contributed by atoms with Gasteiger partial charge in [0, 0.05) is 16.2 Å². The summed E-state index contributed by atoms with van der Waals surface area (Å²) in [6.07, 6.45) is 4.75. The number of halogens is 1. The molecule has 1 saturated carbocycles. The molecule has 0 aliphatic heterocycles. The van der Waals surface area contributed by atoms with E-state index in [1.807, 2.05) is 12.1 Å². The van der Waals surface area contributed by atoms with Crippen LogP contribution in [0.5, 0.6) is 0 Å². The molecule has 0 amide bonds. The van der Waals surface area contributed by atoms with Crippen LogP contribution in [0.2, 0.25) is 0 Å². The van der Waals surface area contributed by atoms with Gasteiger partial charge < -0.3 is 10.4 Å². The molecule has 3 nitrogen and oxygen atoms in total. The molecule has 0 bridgehead atoms. The number of hydrogen-bond donors (Lipinski definition) is 2. The molecular weight excluding hydrogens is 306 g/mol. The Morgan fingerprint density at radius 1 is 1.42 bits per heavy atom. The van der Waals surface area contributed by atoms with Crippen LogP contribution >= 0.6 is 15.9 Å². The normalized spacial score (nSPS) is 21.9. The molecule has 0 saturated heterocycles. The first-order chi connectivity index (χ1) is 8.90. The number of benzene rings is 1. The summed E-state index contributed by atoms with van der Waals surface area (Å²) in [7, 11) is 0. The smallest absolute Gasteiger partial charge is 0.337 e. The van der Waals surface area contributed by atoms with Crippen molar-refractivity contribution in [2.24, 2.45) is 5.41 Å². The van der Waals surface area contributed by atoms with Gasteiger partial charge in [-0.25, -0.2) is 4.79 Å². The molecular formula is C15H20BrNO2. The van der Waals surface area contributed by atoms with E-state index in [2.05, 4.69) is 35.1 Å². The van der Waals surface area contributed by atoms with Gasteiger partial charge in [-0.15, -0.1) is 0 Å². The van der Waals surface area contributed by atoms with Gasteiger partial charge in [0.05, 0.1) is 5.56 Å². The molecule has 104 valence electrons. The SMILES string of the molecule is CC1(C)CCCCC1Nc1ccc(Br)cc1C(=O)O. The Hall–Kier alpha value is -1.03. The third-order valence-electron chi connectivity index (χ3n) is 4.05. The fraction of sp³-hybridized carbons (Fsp3) is 0.533. The van der Waals surface area contributed by atoms with Crippen LogP contribution in [0.25, 0.3) is 0 Å². The quantitative estimate of drug-likeness (QED) is 0.858. The van der Waals surface area contributed by atoms with E-state index >= 15 is 0 Å². The van der Waals surface area contributed by atoms with Crippen LogP contribution in [0.3, 0.4) is 0 Å². The van der Waals surface area contributed by atoms with Crippen LogP contribution in [0.15, 0.2) is 22.7 Å². The third kappa shape index (κ3) is 3.30.